The fourth-order valence-electron chi connectivity index (χ4n) is 2.33. The topological polar surface area (TPSA) is 36.7 Å². The van der Waals surface area contributed by atoms with Crippen LogP contribution in [-0.4, -0.2) is 4.98 Å². The van der Waals surface area contributed by atoms with E-state index in [1.54, 1.807) is 36.4 Å². The zero-order chi connectivity index (χ0) is 19.0. The number of pyridine rings is 1. The van der Waals surface area contributed by atoms with Gasteiger partial charge in [0.1, 0.15) is 6.07 Å². The third-order valence-electron chi connectivity index (χ3n) is 3.55. The van der Waals surface area contributed by atoms with E-state index in [0.717, 1.165) is 0 Å². The van der Waals surface area contributed by atoms with Crippen LogP contribution in [0.4, 0.5) is 0 Å². The van der Waals surface area contributed by atoms with E-state index >= 15 is 0 Å². The maximum absolute atomic E-state index is 9.42. The van der Waals surface area contributed by atoms with E-state index in [4.69, 9.17) is 69.6 Å². The third-order valence-corrected chi connectivity index (χ3v) is 5.95. The molecule has 0 N–H and O–H groups in total. The highest BCUT2D eigenvalue weighted by Crippen LogP contribution is 2.38. The van der Waals surface area contributed by atoms with E-state index in [0.29, 0.717) is 38.1 Å². The van der Waals surface area contributed by atoms with E-state index in [2.05, 4.69) is 11.1 Å². The van der Waals surface area contributed by atoms with Gasteiger partial charge in [-0.15, -0.1) is 0 Å². The number of benzene rings is 2. The molecule has 0 atom stereocenters. The van der Waals surface area contributed by atoms with Gasteiger partial charge in [-0.1, -0.05) is 69.6 Å². The Hall–Kier alpha value is -1.18. The van der Waals surface area contributed by atoms with E-state index in [1.807, 2.05) is 0 Å². The van der Waals surface area contributed by atoms with Gasteiger partial charge in [-0.05, 0) is 36.4 Å². The average Bonchev–Trinajstić information content (AvgIpc) is 2.62. The standard InChI is InChI=1S/C18H6Cl6N2/c19-11-3-9(4-12(20)16(11)23)15-2-1-8(7-25)18(26-15)10-5-13(21)17(24)14(22)6-10/h1-6H. The highest BCUT2D eigenvalue weighted by Gasteiger charge is 2.15. The number of aromatic nitrogens is 1. The van der Waals surface area contributed by atoms with Gasteiger partial charge in [-0.3, -0.25) is 0 Å². The van der Waals surface area contributed by atoms with E-state index in [9.17, 15) is 5.26 Å². The van der Waals surface area contributed by atoms with Crippen molar-refractivity contribution in [1.82, 2.24) is 4.98 Å². The molecule has 2 aromatic carbocycles. The van der Waals surface area contributed by atoms with Crippen molar-refractivity contribution in [2.24, 2.45) is 0 Å². The second-order valence-corrected chi connectivity index (χ2v) is 7.60. The largest absolute Gasteiger partial charge is 0.246 e. The monoisotopic (exact) mass is 460 g/mol. The van der Waals surface area contributed by atoms with Crippen LogP contribution in [0.2, 0.25) is 30.1 Å². The van der Waals surface area contributed by atoms with Crippen LogP contribution in [0.5, 0.6) is 0 Å². The lowest BCUT2D eigenvalue weighted by molar-refractivity contribution is 1.30. The summed E-state index contributed by atoms with van der Waals surface area (Å²) in [6, 6.07) is 11.9. The fraction of sp³-hybridized carbons (Fsp3) is 0. The molecule has 0 radical (unpaired) electrons. The molecule has 0 saturated carbocycles. The summed E-state index contributed by atoms with van der Waals surface area (Å²) in [7, 11) is 0. The van der Waals surface area contributed by atoms with Crippen molar-refractivity contribution in [3.05, 3.63) is 72.1 Å². The van der Waals surface area contributed by atoms with Crippen molar-refractivity contribution >= 4 is 69.6 Å². The molecule has 2 nitrogen and oxygen atoms in total. The van der Waals surface area contributed by atoms with E-state index in [-0.39, 0.29) is 20.1 Å². The SMILES string of the molecule is N#Cc1ccc(-c2cc(Cl)c(Cl)c(Cl)c2)nc1-c1cc(Cl)c(Cl)c(Cl)c1. The number of hydrogen-bond donors (Lipinski definition) is 0. The lowest BCUT2D eigenvalue weighted by atomic mass is 10.0. The van der Waals surface area contributed by atoms with Crippen LogP contribution >= 0.6 is 69.6 Å². The van der Waals surface area contributed by atoms with Crippen molar-refractivity contribution < 1.29 is 0 Å². The Balaban J connectivity index is 2.22. The summed E-state index contributed by atoms with van der Waals surface area (Å²) < 4.78 is 0. The molecule has 0 aliphatic rings. The predicted molar refractivity (Wildman–Crippen MR) is 110 cm³/mol. The van der Waals surface area contributed by atoms with Crippen molar-refractivity contribution in [3.8, 4) is 28.6 Å². The number of halogens is 6. The van der Waals surface area contributed by atoms with Crippen LogP contribution in [0.25, 0.3) is 22.5 Å². The van der Waals surface area contributed by atoms with Crippen molar-refractivity contribution in [3.63, 3.8) is 0 Å². The van der Waals surface area contributed by atoms with Crippen LogP contribution in [0.1, 0.15) is 5.56 Å². The first-order valence-corrected chi connectivity index (χ1v) is 9.29. The maximum Gasteiger partial charge on any atom is 0.101 e. The number of hydrogen-bond acceptors (Lipinski definition) is 2. The van der Waals surface area contributed by atoms with Crippen molar-refractivity contribution in [2.45, 2.75) is 0 Å². The van der Waals surface area contributed by atoms with Crippen LogP contribution in [0.15, 0.2) is 36.4 Å². The van der Waals surface area contributed by atoms with Crippen LogP contribution in [-0.2, 0) is 0 Å². The molecule has 26 heavy (non-hydrogen) atoms. The summed E-state index contributed by atoms with van der Waals surface area (Å²) in [5.74, 6) is 0. The predicted octanol–water partition coefficient (Wildman–Crippen LogP) is 8.21. The Morgan fingerprint density at radius 2 is 1.15 bits per heavy atom. The first kappa shape index (κ1) is 19.6. The van der Waals surface area contributed by atoms with E-state index < -0.39 is 0 Å². The highest BCUT2D eigenvalue weighted by molar-refractivity contribution is 6.49. The lowest BCUT2D eigenvalue weighted by Crippen LogP contribution is -1.93. The minimum absolute atomic E-state index is 0.239. The van der Waals surface area contributed by atoms with Crippen molar-refractivity contribution in [1.29, 1.82) is 5.26 Å². The van der Waals surface area contributed by atoms with Crippen LogP contribution in [0.3, 0.4) is 0 Å². The molecule has 0 amide bonds. The first-order valence-electron chi connectivity index (χ1n) is 7.02. The van der Waals surface area contributed by atoms with E-state index in [1.165, 1.54) is 0 Å². The number of rotatable bonds is 2. The number of nitrogens with zero attached hydrogens (tertiary/aromatic N) is 2. The minimum Gasteiger partial charge on any atom is -0.246 e. The molecule has 1 heterocycles. The Labute approximate surface area is 179 Å². The van der Waals surface area contributed by atoms with Gasteiger partial charge in [0, 0.05) is 11.1 Å². The second-order valence-electron chi connectivity index (χ2n) is 5.21. The van der Waals surface area contributed by atoms with Gasteiger partial charge >= 0.3 is 0 Å². The normalized spacial score (nSPS) is 10.7. The molecule has 0 aliphatic heterocycles. The third kappa shape index (κ3) is 3.75. The van der Waals surface area contributed by atoms with Gasteiger partial charge in [-0.25, -0.2) is 4.98 Å². The minimum atomic E-state index is 0.239. The Morgan fingerprint density at radius 1 is 0.692 bits per heavy atom. The van der Waals surface area contributed by atoms with Gasteiger partial charge in [0.15, 0.2) is 0 Å². The Kier molecular flexibility index (Phi) is 5.89. The second kappa shape index (κ2) is 7.82. The molecule has 8 heteroatoms. The lowest BCUT2D eigenvalue weighted by Gasteiger charge is -2.10. The zero-order valence-electron chi connectivity index (χ0n) is 12.6. The smallest absolute Gasteiger partial charge is 0.101 e. The summed E-state index contributed by atoms with van der Waals surface area (Å²) >= 11 is 36.4. The van der Waals surface area contributed by atoms with Gasteiger partial charge in [0.2, 0.25) is 0 Å². The highest BCUT2D eigenvalue weighted by atomic mass is 35.5. The van der Waals surface area contributed by atoms with Crippen LogP contribution in [0, 0.1) is 11.3 Å². The van der Waals surface area contributed by atoms with Crippen molar-refractivity contribution in [2.75, 3.05) is 0 Å². The average molecular weight is 463 g/mol. The Morgan fingerprint density at radius 3 is 1.62 bits per heavy atom. The van der Waals surface area contributed by atoms with Gasteiger partial charge in [0.25, 0.3) is 0 Å². The fourth-order valence-corrected chi connectivity index (χ4v) is 3.52. The summed E-state index contributed by atoms with van der Waals surface area (Å²) in [4.78, 5) is 4.56. The summed E-state index contributed by atoms with van der Waals surface area (Å²) in [5, 5.41) is 11.1. The molecule has 1 aromatic heterocycles. The van der Waals surface area contributed by atoms with Gasteiger partial charge in [-0.2, -0.15) is 5.26 Å². The molecular weight excluding hydrogens is 457 g/mol. The van der Waals surface area contributed by atoms with Gasteiger partial charge in [0.05, 0.1) is 47.1 Å². The molecule has 0 spiro atoms. The summed E-state index contributed by atoms with van der Waals surface area (Å²) in [6.07, 6.45) is 0. The maximum atomic E-state index is 9.42. The molecule has 0 bridgehead atoms. The van der Waals surface area contributed by atoms with Gasteiger partial charge < -0.3 is 0 Å². The molecule has 0 fully saturated rings. The van der Waals surface area contributed by atoms with Crippen LogP contribution < -0.4 is 0 Å². The molecular formula is C18H6Cl6N2. The molecule has 0 unspecified atom stereocenters. The molecule has 0 aliphatic carbocycles. The molecule has 3 aromatic rings. The first-order chi connectivity index (χ1) is 12.3. The molecule has 130 valence electrons. The zero-order valence-corrected chi connectivity index (χ0v) is 17.2. The molecule has 3 rings (SSSR count). The number of nitriles is 1. The Bertz CT molecular complexity index is 1030. The quantitative estimate of drug-likeness (QED) is 0.360. The molecule has 0 saturated heterocycles. The summed E-state index contributed by atoms with van der Waals surface area (Å²) in [6.45, 7) is 0. The summed E-state index contributed by atoms with van der Waals surface area (Å²) in [5.41, 5.74) is 2.54.